The van der Waals surface area contributed by atoms with E-state index in [1.165, 1.54) is 15.2 Å². The van der Waals surface area contributed by atoms with Crippen molar-refractivity contribution in [3.8, 4) is 11.4 Å². The molecule has 28 heavy (non-hydrogen) atoms. The molecule has 3 rings (SSSR count). The molecule has 0 radical (unpaired) electrons. The van der Waals surface area contributed by atoms with Gasteiger partial charge in [-0.05, 0) is 114 Å². The number of hydrogen-bond acceptors (Lipinski definition) is 3. The number of rotatable bonds is 4. The molecule has 1 amide bonds. The molecule has 144 valence electrons. The summed E-state index contributed by atoms with van der Waals surface area (Å²) in [6.07, 6.45) is 1.64. The highest BCUT2D eigenvalue weighted by molar-refractivity contribution is 14.1. The Labute approximate surface area is 191 Å². The maximum absolute atomic E-state index is 12.2. The zero-order valence-corrected chi connectivity index (χ0v) is 19.9. The second kappa shape index (κ2) is 8.64. The van der Waals surface area contributed by atoms with Crippen molar-refractivity contribution >= 4 is 57.3 Å². The molecule has 0 unspecified atom stereocenters. The number of phenolic OH excluding ortho intramolecular Hbond substituents is 1. The predicted octanol–water partition coefficient (Wildman–Crippen LogP) is 5.08. The molecule has 0 bridgehead atoms. The van der Waals surface area contributed by atoms with Crippen LogP contribution in [0.2, 0.25) is 0 Å². The number of carbonyl (C=O) groups is 1. The van der Waals surface area contributed by atoms with Gasteiger partial charge < -0.3 is 9.67 Å². The molecule has 5 nitrogen and oxygen atoms in total. The molecular formula is C21H19I2N3O2. The Morgan fingerprint density at radius 2 is 1.79 bits per heavy atom. The molecule has 0 aliphatic rings. The van der Waals surface area contributed by atoms with Gasteiger partial charge in [-0.3, -0.25) is 4.79 Å². The van der Waals surface area contributed by atoms with Crippen LogP contribution in [0.15, 0.2) is 47.6 Å². The molecule has 0 saturated carbocycles. The summed E-state index contributed by atoms with van der Waals surface area (Å²) in [6.45, 7) is 6.17. The van der Waals surface area contributed by atoms with E-state index < -0.39 is 0 Å². The molecule has 2 N–H and O–H groups in total. The van der Waals surface area contributed by atoms with Crippen LogP contribution in [-0.2, 0) is 0 Å². The Bertz CT molecular complexity index is 1090. The van der Waals surface area contributed by atoms with Crippen molar-refractivity contribution < 1.29 is 9.90 Å². The maximum Gasteiger partial charge on any atom is 0.271 e. The largest absolute Gasteiger partial charge is 0.507 e. The average Bonchev–Trinajstić information content (AvgIpc) is 2.93. The third-order valence-electron chi connectivity index (χ3n) is 4.45. The lowest BCUT2D eigenvalue weighted by Gasteiger charge is -2.11. The third kappa shape index (κ3) is 4.40. The molecule has 0 fully saturated rings. The SMILES string of the molecule is Cc1cc(-n2c(C)cc(/C=N\NC(=O)c3ccc(I)c(O)c3)c2C)ccc1I. The van der Waals surface area contributed by atoms with Gasteiger partial charge in [0.15, 0.2) is 0 Å². The van der Waals surface area contributed by atoms with Gasteiger partial charge in [0.2, 0.25) is 0 Å². The smallest absolute Gasteiger partial charge is 0.271 e. The van der Waals surface area contributed by atoms with Crippen molar-refractivity contribution in [1.82, 2.24) is 9.99 Å². The van der Waals surface area contributed by atoms with Crippen molar-refractivity contribution in [2.75, 3.05) is 0 Å². The lowest BCUT2D eigenvalue weighted by molar-refractivity contribution is 0.0954. The molecular weight excluding hydrogens is 580 g/mol. The highest BCUT2D eigenvalue weighted by atomic mass is 127. The fourth-order valence-electron chi connectivity index (χ4n) is 2.96. The summed E-state index contributed by atoms with van der Waals surface area (Å²) < 4.78 is 4.09. The molecule has 2 aromatic carbocycles. The Hall–Kier alpha value is -1.88. The van der Waals surface area contributed by atoms with Crippen LogP contribution in [0.1, 0.15) is 32.9 Å². The van der Waals surface area contributed by atoms with Crippen LogP contribution >= 0.6 is 45.2 Å². The van der Waals surface area contributed by atoms with Crippen LogP contribution in [0.4, 0.5) is 0 Å². The zero-order valence-electron chi connectivity index (χ0n) is 15.6. The van der Waals surface area contributed by atoms with Crippen LogP contribution in [0.5, 0.6) is 5.75 Å². The monoisotopic (exact) mass is 599 g/mol. The second-order valence-corrected chi connectivity index (χ2v) is 8.79. The topological polar surface area (TPSA) is 66.6 Å². The fraction of sp³-hybridized carbons (Fsp3) is 0.143. The van der Waals surface area contributed by atoms with Gasteiger partial charge in [0.25, 0.3) is 5.91 Å². The summed E-state index contributed by atoms with van der Waals surface area (Å²) in [7, 11) is 0. The van der Waals surface area contributed by atoms with Crippen LogP contribution < -0.4 is 5.43 Å². The number of nitrogens with one attached hydrogen (secondary N) is 1. The minimum atomic E-state index is -0.370. The molecule has 0 atom stereocenters. The number of amides is 1. The summed E-state index contributed by atoms with van der Waals surface area (Å²) in [6, 6.07) is 13.2. The maximum atomic E-state index is 12.2. The van der Waals surface area contributed by atoms with Gasteiger partial charge in [0.05, 0.1) is 9.78 Å². The number of halogens is 2. The molecule has 3 aromatic rings. The van der Waals surface area contributed by atoms with Crippen molar-refractivity contribution in [3.05, 3.63) is 77.7 Å². The normalized spacial score (nSPS) is 11.2. The summed E-state index contributed by atoms with van der Waals surface area (Å²) in [4.78, 5) is 12.2. The molecule has 0 saturated heterocycles. The minimum absolute atomic E-state index is 0.0774. The molecule has 1 aromatic heterocycles. The first-order valence-electron chi connectivity index (χ1n) is 8.55. The molecule has 1 heterocycles. The van der Waals surface area contributed by atoms with Gasteiger partial charge in [-0.1, -0.05) is 0 Å². The van der Waals surface area contributed by atoms with E-state index in [-0.39, 0.29) is 11.7 Å². The van der Waals surface area contributed by atoms with Gasteiger partial charge >= 0.3 is 0 Å². The molecule has 0 aliphatic heterocycles. The van der Waals surface area contributed by atoms with E-state index in [4.69, 9.17) is 0 Å². The summed E-state index contributed by atoms with van der Waals surface area (Å²) >= 11 is 4.33. The van der Waals surface area contributed by atoms with E-state index in [1.54, 1.807) is 18.3 Å². The van der Waals surface area contributed by atoms with E-state index in [1.807, 2.05) is 42.5 Å². The third-order valence-corrected chi connectivity index (χ3v) is 6.57. The number of aryl methyl sites for hydroxylation is 2. The van der Waals surface area contributed by atoms with Crippen molar-refractivity contribution in [2.24, 2.45) is 5.10 Å². The number of nitrogens with zero attached hydrogens (tertiary/aromatic N) is 2. The predicted molar refractivity (Wildman–Crippen MR) is 129 cm³/mol. The standard InChI is InChI=1S/C21H19I2N3O2/c1-12-8-17(5-7-18(12)22)26-13(2)9-16(14(26)3)11-24-25-21(28)15-4-6-19(23)20(27)10-15/h4-11,27H,1-3H3,(H,25,28)/b24-11-. The van der Waals surface area contributed by atoms with Crippen LogP contribution in [0.3, 0.4) is 0 Å². The Kier molecular flexibility index (Phi) is 6.43. The van der Waals surface area contributed by atoms with E-state index in [2.05, 4.69) is 62.8 Å². The van der Waals surface area contributed by atoms with Gasteiger partial charge in [-0.25, -0.2) is 5.43 Å². The summed E-state index contributed by atoms with van der Waals surface area (Å²) in [5, 5.41) is 13.8. The average molecular weight is 599 g/mol. The first-order valence-corrected chi connectivity index (χ1v) is 10.7. The quantitative estimate of drug-likeness (QED) is 0.250. The molecule has 7 heteroatoms. The van der Waals surface area contributed by atoms with Crippen LogP contribution in [0, 0.1) is 27.9 Å². The Balaban J connectivity index is 1.80. The molecule has 0 aliphatic carbocycles. The number of phenols is 1. The number of aromatic nitrogens is 1. The van der Waals surface area contributed by atoms with Gasteiger partial charge in [-0.15, -0.1) is 0 Å². The first kappa shape index (κ1) is 20.8. The van der Waals surface area contributed by atoms with E-state index in [9.17, 15) is 9.90 Å². The van der Waals surface area contributed by atoms with Crippen molar-refractivity contribution in [2.45, 2.75) is 20.8 Å². The number of benzene rings is 2. The Morgan fingerprint density at radius 1 is 1.07 bits per heavy atom. The number of hydrazone groups is 1. The van der Waals surface area contributed by atoms with E-state index >= 15 is 0 Å². The highest BCUT2D eigenvalue weighted by Crippen LogP contribution is 2.23. The highest BCUT2D eigenvalue weighted by Gasteiger charge is 2.11. The lowest BCUT2D eigenvalue weighted by Crippen LogP contribution is -2.17. The number of carbonyl (C=O) groups excluding carboxylic acids is 1. The Morgan fingerprint density at radius 3 is 2.46 bits per heavy atom. The van der Waals surface area contributed by atoms with Crippen molar-refractivity contribution in [3.63, 3.8) is 0 Å². The van der Waals surface area contributed by atoms with E-state index in [0.29, 0.717) is 9.13 Å². The van der Waals surface area contributed by atoms with Crippen LogP contribution in [-0.4, -0.2) is 21.8 Å². The number of aromatic hydroxyl groups is 1. The lowest BCUT2D eigenvalue weighted by atomic mass is 10.2. The van der Waals surface area contributed by atoms with Crippen LogP contribution in [0.25, 0.3) is 5.69 Å². The first-order chi connectivity index (χ1) is 13.3. The van der Waals surface area contributed by atoms with Gasteiger partial charge in [0.1, 0.15) is 5.75 Å². The summed E-state index contributed by atoms with van der Waals surface area (Å²) in [5.41, 5.74) is 8.27. The second-order valence-electron chi connectivity index (χ2n) is 6.46. The fourth-order valence-corrected chi connectivity index (χ4v) is 3.63. The van der Waals surface area contributed by atoms with Gasteiger partial charge in [-0.2, -0.15) is 5.10 Å². The number of hydrogen-bond donors (Lipinski definition) is 2. The molecule has 0 spiro atoms. The van der Waals surface area contributed by atoms with Gasteiger partial charge in [0, 0.05) is 31.8 Å². The summed E-state index contributed by atoms with van der Waals surface area (Å²) in [5.74, 6) is -0.293. The van der Waals surface area contributed by atoms with E-state index in [0.717, 1.165) is 22.6 Å². The zero-order chi connectivity index (χ0) is 20.4. The minimum Gasteiger partial charge on any atom is -0.507 e. The van der Waals surface area contributed by atoms with Crippen molar-refractivity contribution in [1.29, 1.82) is 0 Å².